The molecule has 0 amide bonds. The molecule has 0 aromatic carbocycles. The highest BCUT2D eigenvalue weighted by molar-refractivity contribution is 4.99. The average molecular weight is 240 g/mol. The molecule has 0 aromatic rings. The molecule has 2 atom stereocenters. The van der Waals surface area contributed by atoms with E-state index in [9.17, 15) is 0 Å². The molecule has 0 aliphatic carbocycles. The van der Waals surface area contributed by atoms with E-state index >= 15 is 0 Å². The molecule has 0 radical (unpaired) electrons. The van der Waals surface area contributed by atoms with Crippen LogP contribution in [-0.2, 0) is 0 Å². The van der Waals surface area contributed by atoms with Gasteiger partial charge in [-0.25, -0.2) is 0 Å². The van der Waals surface area contributed by atoms with Crippen LogP contribution in [0.5, 0.6) is 0 Å². The van der Waals surface area contributed by atoms with Gasteiger partial charge in [0.15, 0.2) is 0 Å². The fourth-order valence-electron chi connectivity index (χ4n) is 3.37. The van der Waals surface area contributed by atoms with E-state index in [0.717, 1.165) is 13.1 Å². The Kier molecular flexibility index (Phi) is 4.08. The zero-order valence-corrected chi connectivity index (χ0v) is 11.7. The summed E-state index contributed by atoms with van der Waals surface area (Å²) in [7, 11) is 4.45. The van der Waals surface area contributed by atoms with Crippen molar-refractivity contribution in [3.63, 3.8) is 0 Å². The molecule has 2 N–H and O–H groups in total. The van der Waals surface area contributed by atoms with E-state index in [1.165, 1.54) is 39.0 Å². The highest BCUT2D eigenvalue weighted by Crippen LogP contribution is 2.28. The zero-order valence-electron chi connectivity index (χ0n) is 11.7. The summed E-state index contributed by atoms with van der Waals surface area (Å²) in [6.45, 7) is 9.00. The third-order valence-corrected chi connectivity index (χ3v) is 4.76. The molecule has 2 aliphatic heterocycles. The molecule has 0 spiro atoms. The van der Waals surface area contributed by atoms with Crippen molar-refractivity contribution in [1.29, 1.82) is 0 Å². The molecule has 2 rings (SSSR count). The lowest BCUT2D eigenvalue weighted by molar-refractivity contribution is -0.0192. The van der Waals surface area contributed by atoms with Gasteiger partial charge in [-0.15, -0.1) is 0 Å². The highest BCUT2D eigenvalue weighted by atomic mass is 15.3. The van der Waals surface area contributed by atoms with Crippen molar-refractivity contribution in [2.45, 2.75) is 31.3 Å². The van der Waals surface area contributed by atoms with E-state index < -0.39 is 0 Å². The van der Waals surface area contributed by atoms with Gasteiger partial charge in [0, 0.05) is 44.3 Å². The quantitative estimate of drug-likeness (QED) is 0.740. The van der Waals surface area contributed by atoms with Crippen LogP contribution in [0.1, 0.15) is 19.8 Å². The van der Waals surface area contributed by atoms with Crippen LogP contribution in [0.15, 0.2) is 0 Å². The Morgan fingerprint density at radius 3 is 2.59 bits per heavy atom. The molecule has 17 heavy (non-hydrogen) atoms. The molecule has 100 valence electrons. The summed E-state index contributed by atoms with van der Waals surface area (Å²) >= 11 is 0. The van der Waals surface area contributed by atoms with Gasteiger partial charge in [0.25, 0.3) is 0 Å². The summed E-state index contributed by atoms with van der Waals surface area (Å²) < 4.78 is 0. The number of likely N-dealkylation sites (tertiary alicyclic amines) is 1. The van der Waals surface area contributed by atoms with Gasteiger partial charge in [0.1, 0.15) is 0 Å². The Labute approximate surface area is 106 Å². The Morgan fingerprint density at radius 2 is 2.00 bits per heavy atom. The predicted octanol–water partition coefficient (Wildman–Crippen LogP) is 0.0454. The highest BCUT2D eigenvalue weighted by Gasteiger charge is 2.40. The minimum Gasteiger partial charge on any atom is -0.329 e. The molecule has 4 heteroatoms. The number of hydrogen-bond acceptors (Lipinski definition) is 4. The maximum Gasteiger partial charge on any atom is 0.0459 e. The third kappa shape index (κ3) is 2.65. The maximum atomic E-state index is 6.13. The Bertz CT molecular complexity index is 258. The summed E-state index contributed by atoms with van der Waals surface area (Å²) in [6, 6.07) is 0.652. The fourth-order valence-corrected chi connectivity index (χ4v) is 3.37. The molecule has 2 heterocycles. The molecule has 2 aliphatic rings. The van der Waals surface area contributed by atoms with Crippen LogP contribution < -0.4 is 5.73 Å². The molecule has 2 fully saturated rings. The first-order valence-corrected chi connectivity index (χ1v) is 6.91. The number of piperazine rings is 1. The van der Waals surface area contributed by atoms with Crippen molar-refractivity contribution >= 4 is 0 Å². The Hall–Kier alpha value is -0.160. The Morgan fingerprint density at radius 1 is 1.24 bits per heavy atom. The van der Waals surface area contributed by atoms with Crippen molar-refractivity contribution < 1.29 is 0 Å². The van der Waals surface area contributed by atoms with Gasteiger partial charge in [-0.3, -0.25) is 4.90 Å². The lowest BCUT2D eigenvalue weighted by Gasteiger charge is -2.52. The van der Waals surface area contributed by atoms with Crippen LogP contribution in [0.25, 0.3) is 0 Å². The monoisotopic (exact) mass is 240 g/mol. The molecular weight excluding hydrogens is 212 g/mol. The minimum atomic E-state index is 0.239. The van der Waals surface area contributed by atoms with E-state index in [1.807, 2.05) is 0 Å². The van der Waals surface area contributed by atoms with Crippen molar-refractivity contribution in [2.75, 3.05) is 53.4 Å². The number of rotatable bonds is 2. The number of nitrogens with zero attached hydrogens (tertiary/aromatic N) is 3. The van der Waals surface area contributed by atoms with E-state index in [0.29, 0.717) is 6.04 Å². The van der Waals surface area contributed by atoms with Gasteiger partial charge in [-0.1, -0.05) is 0 Å². The van der Waals surface area contributed by atoms with Gasteiger partial charge in [0.05, 0.1) is 0 Å². The van der Waals surface area contributed by atoms with Crippen LogP contribution in [0, 0.1) is 0 Å². The van der Waals surface area contributed by atoms with Crippen LogP contribution in [0.4, 0.5) is 0 Å². The van der Waals surface area contributed by atoms with Crippen molar-refractivity contribution in [3.8, 4) is 0 Å². The van der Waals surface area contributed by atoms with Gasteiger partial charge in [-0.05, 0) is 40.4 Å². The number of likely N-dealkylation sites (N-methyl/N-ethyl adjacent to an activating group) is 2. The van der Waals surface area contributed by atoms with E-state index in [1.54, 1.807) is 0 Å². The van der Waals surface area contributed by atoms with Crippen LogP contribution >= 0.6 is 0 Å². The smallest absolute Gasteiger partial charge is 0.0459 e. The van der Waals surface area contributed by atoms with Crippen LogP contribution in [0.3, 0.4) is 0 Å². The van der Waals surface area contributed by atoms with Gasteiger partial charge in [0.2, 0.25) is 0 Å². The first-order chi connectivity index (χ1) is 8.07. The molecule has 0 aromatic heterocycles. The average Bonchev–Trinajstić information content (AvgIpc) is 2.32. The van der Waals surface area contributed by atoms with Gasteiger partial charge in [-0.2, -0.15) is 0 Å². The summed E-state index contributed by atoms with van der Waals surface area (Å²) in [5, 5.41) is 0. The lowest BCUT2D eigenvalue weighted by atomic mass is 9.86. The summed E-state index contributed by atoms with van der Waals surface area (Å²) in [5.41, 5.74) is 6.37. The molecule has 2 saturated heterocycles. The fraction of sp³-hybridized carbons (Fsp3) is 1.00. The number of hydrogen-bond donors (Lipinski definition) is 1. The third-order valence-electron chi connectivity index (χ3n) is 4.76. The van der Waals surface area contributed by atoms with Gasteiger partial charge >= 0.3 is 0 Å². The normalized spacial score (nSPS) is 38.5. The molecule has 4 nitrogen and oxygen atoms in total. The largest absolute Gasteiger partial charge is 0.329 e. The Balaban J connectivity index is 2.07. The van der Waals surface area contributed by atoms with Crippen LogP contribution in [-0.4, -0.2) is 79.6 Å². The SMILES string of the molecule is CC1CN(C2(CN)CCCN(C)C2)CCN1C. The zero-order chi connectivity index (χ0) is 12.5. The van der Waals surface area contributed by atoms with Crippen molar-refractivity contribution in [1.82, 2.24) is 14.7 Å². The van der Waals surface area contributed by atoms with Crippen molar-refractivity contribution in [3.05, 3.63) is 0 Å². The number of piperidine rings is 1. The van der Waals surface area contributed by atoms with Crippen LogP contribution in [0.2, 0.25) is 0 Å². The second-order valence-corrected chi connectivity index (χ2v) is 6.05. The standard InChI is InChI=1S/C13H28N4/c1-12-9-17(8-7-16(12)3)13(10-14)5-4-6-15(2)11-13/h12H,4-11,14H2,1-3H3. The second-order valence-electron chi connectivity index (χ2n) is 6.05. The molecule has 2 unspecified atom stereocenters. The van der Waals surface area contributed by atoms with E-state index in [4.69, 9.17) is 5.73 Å². The van der Waals surface area contributed by atoms with Gasteiger partial charge < -0.3 is 15.5 Å². The van der Waals surface area contributed by atoms with E-state index in [2.05, 4.69) is 35.7 Å². The van der Waals surface area contributed by atoms with Crippen molar-refractivity contribution in [2.24, 2.45) is 5.73 Å². The summed E-state index contributed by atoms with van der Waals surface area (Å²) in [5.74, 6) is 0. The molecule has 0 saturated carbocycles. The topological polar surface area (TPSA) is 35.7 Å². The predicted molar refractivity (Wildman–Crippen MR) is 72.2 cm³/mol. The minimum absolute atomic E-state index is 0.239. The number of nitrogens with two attached hydrogens (primary N) is 1. The molecule has 0 bridgehead atoms. The lowest BCUT2D eigenvalue weighted by Crippen LogP contribution is -2.66. The summed E-state index contributed by atoms with van der Waals surface area (Å²) in [6.07, 6.45) is 2.55. The second kappa shape index (κ2) is 5.22. The summed E-state index contributed by atoms with van der Waals surface area (Å²) in [4.78, 5) is 7.56. The maximum absolute atomic E-state index is 6.13. The molecular formula is C13H28N4. The first kappa shape index (κ1) is 13.3. The van der Waals surface area contributed by atoms with E-state index in [-0.39, 0.29) is 5.54 Å². The first-order valence-electron chi connectivity index (χ1n) is 6.91.